The lowest BCUT2D eigenvalue weighted by molar-refractivity contribution is -0.136. The van der Waals surface area contributed by atoms with Gasteiger partial charge in [-0.05, 0) is 0 Å². The van der Waals surface area contributed by atoms with E-state index in [4.69, 9.17) is 9.47 Å². The summed E-state index contributed by atoms with van der Waals surface area (Å²) in [4.78, 5) is 25.1. The van der Waals surface area contributed by atoms with Gasteiger partial charge in [-0.15, -0.1) is 0 Å². The molecule has 2 aliphatic rings. The van der Waals surface area contributed by atoms with Gasteiger partial charge in [0, 0.05) is 9.81 Å². The van der Waals surface area contributed by atoms with Gasteiger partial charge in [0.15, 0.2) is 0 Å². The molecule has 22 heavy (non-hydrogen) atoms. The molecule has 10 heteroatoms. The van der Waals surface area contributed by atoms with Crippen molar-refractivity contribution in [2.24, 2.45) is 0 Å². The van der Waals surface area contributed by atoms with E-state index in [9.17, 15) is 19.8 Å². The molecule has 6 nitrogen and oxygen atoms in total. The first-order chi connectivity index (χ1) is 10.5. The van der Waals surface area contributed by atoms with E-state index in [1.165, 1.54) is 61.3 Å². The van der Waals surface area contributed by atoms with Gasteiger partial charge in [0.05, 0.1) is 35.9 Å². The van der Waals surface area contributed by atoms with E-state index in [1.807, 2.05) is 0 Å². The lowest BCUT2D eigenvalue weighted by Gasteiger charge is -2.02. The van der Waals surface area contributed by atoms with Crippen LogP contribution in [0.25, 0.3) is 0 Å². The van der Waals surface area contributed by atoms with Crippen molar-refractivity contribution in [3.05, 3.63) is 28.1 Å². The highest BCUT2D eigenvalue weighted by molar-refractivity contribution is 8.34. The zero-order chi connectivity index (χ0) is 16.3. The third-order valence-corrected chi connectivity index (χ3v) is 8.25. The fourth-order valence-corrected chi connectivity index (χ4v) is 6.79. The molecule has 0 aromatic carbocycles. The first-order valence-electron chi connectivity index (χ1n) is 5.86. The zero-order valence-electron chi connectivity index (χ0n) is 11.6. The number of carbonyl (C=O) groups is 2. The molecule has 0 radical (unpaired) electrons. The second-order valence-corrected chi connectivity index (χ2v) is 8.56. The van der Waals surface area contributed by atoms with Gasteiger partial charge in [0.1, 0.15) is 9.81 Å². The minimum atomic E-state index is -0.506. The lowest BCUT2D eigenvalue weighted by Crippen LogP contribution is -2.03. The van der Waals surface area contributed by atoms with Crippen LogP contribution < -0.4 is 0 Å². The molecule has 2 N–H and O–H groups in total. The lowest BCUT2D eigenvalue weighted by atomic mass is 10.5. The van der Waals surface area contributed by atoms with E-state index in [2.05, 4.69) is 0 Å². The topological polar surface area (TPSA) is 93.1 Å². The summed E-state index contributed by atoms with van der Waals surface area (Å²) in [5, 5.41) is 18.7. The van der Waals surface area contributed by atoms with E-state index in [-0.39, 0.29) is 13.2 Å². The average Bonchev–Trinajstić information content (AvgIpc) is 3.16. The van der Waals surface area contributed by atoms with Crippen molar-refractivity contribution in [2.45, 2.75) is 0 Å². The maximum Gasteiger partial charge on any atom is 0.345 e. The molecule has 0 aromatic heterocycles. The number of thioether (sulfide) groups is 4. The minimum absolute atomic E-state index is 0.266. The number of ether oxygens (including phenoxy) is 2. The number of aliphatic hydroxyl groups excluding tert-OH is 2. The average molecular weight is 380 g/mol. The van der Waals surface area contributed by atoms with Crippen LogP contribution in [0.3, 0.4) is 0 Å². The van der Waals surface area contributed by atoms with E-state index in [0.717, 1.165) is 8.47 Å². The molecule has 0 aliphatic carbocycles. The van der Waals surface area contributed by atoms with Crippen LogP contribution in [0, 0.1) is 0 Å². The molecule has 0 fully saturated rings. The van der Waals surface area contributed by atoms with Crippen molar-refractivity contribution in [1.82, 2.24) is 0 Å². The summed E-state index contributed by atoms with van der Waals surface area (Å²) >= 11 is 4.91. The van der Waals surface area contributed by atoms with Crippen molar-refractivity contribution in [3.8, 4) is 0 Å². The molecule has 0 aromatic rings. The predicted molar refractivity (Wildman–Crippen MR) is 89.6 cm³/mol. The fourth-order valence-electron chi connectivity index (χ4n) is 1.53. The molecule has 0 unspecified atom stereocenters. The van der Waals surface area contributed by atoms with Crippen LogP contribution in [-0.4, -0.2) is 49.6 Å². The highest BCUT2D eigenvalue weighted by atomic mass is 32.2. The summed E-state index contributed by atoms with van der Waals surface area (Å²) < 4.78 is 10.9. The molecule has 2 heterocycles. The van der Waals surface area contributed by atoms with Gasteiger partial charge < -0.3 is 19.7 Å². The normalized spacial score (nSPS) is 21.6. The van der Waals surface area contributed by atoms with Crippen LogP contribution in [0.1, 0.15) is 0 Å². The van der Waals surface area contributed by atoms with E-state index in [1.54, 1.807) is 0 Å². The molecular weight excluding hydrogens is 368 g/mol. The SMILES string of the molecule is COC(=O)C1=C(CO)S/C(=C2\SC(CO)=C(C(=O)OC)S2)S1. The van der Waals surface area contributed by atoms with E-state index >= 15 is 0 Å². The Kier molecular flexibility index (Phi) is 6.36. The Labute approximate surface area is 143 Å². The summed E-state index contributed by atoms with van der Waals surface area (Å²) in [7, 11) is 2.56. The molecule has 2 aliphatic heterocycles. The fraction of sp³-hybridized carbons (Fsp3) is 0.333. The standard InChI is InChI=1S/C12H12O6S4/c1-17-9(15)7-5(3-13)19-11(21-7)12-20-6(4-14)8(22-12)10(16)18-2/h13-14H,3-4H2,1-2H3/b12-11-. The Hall–Kier alpha value is -0.520. The first kappa shape index (κ1) is 17.8. The summed E-state index contributed by atoms with van der Waals surface area (Å²) in [5.41, 5.74) is 0. The van der Waals surface area contributed by atoms with Crippen molar-refractivity contribution in [1.29, 1.82) is 0 Å². The molecule has 0 atom stereocenters. The smallest absolute Gasteiger partial charge is 0.345 e. The van der Waals surface area contributed by atoms with Crippen molar-refractivity contribution >= 4 is 59.0 Å². The van der Waals surface area contributed by atoms with Crippen molar-refractivity contribution in [2.75, 3.05) is 27.4 Å². The number of methoxy groups -OCH3 is 2. The van der Waals surface area contributed by atoms with Crippen LogP contribution in [0.15, 0.2) is 28.1 Å². The third kappa shape index (κ3) is 3.52. The van der Waals surface area contributed by atoms with Crippen LogP contribution in [-0.2, 0) is 19.1 Å². The Morgan fingerprint density at radius 3 is 1.45 bits per heavy atom. The maximum atomic E-state index is 11.7. The van der Waals surface area contributed by atoms with Crippen LogP contribution in [0.4, 0.5) is 0 Å². The quantitative estimate of drug-likeness (QED) is 0.704. The number of hydrogen-bond acceptors (Lipinski definition) is 10. The summed E-state index contributed by atoms with van der Waals surface area (Å²) in [5.74, 6) is -1.01. The highest BCUT2D eigenvalue weighted by Crippen LogP contribution is 2.59. The molecule has 0 spiro atoms. The van der Waals surface area contributed by atoms with Crippen LogP contribution in [0.5, 0.6) is 0 Å². The first-order valence-corrected chi connectivity index (χ1v) is 9.12. The Bertz CT molecular complexity index is 555. The third-order valence-electron chi connectivity index (χ3n) is 2.52. The minimum Gasteiger partial charge on any atom is -0.465 e. The van der Waals surface area contributed by atoms with E-state index in [0.29, 0.717) is 19.6 Å². The number of carbonyl (C=O) groups excluding carboxylic acids is 2. The molecule has 2 rings (SSSR count). The number of aliphatic hydroxyl groups is 2. The molecule has 0 bridgehead atoms. The Morgan fingerprint density at radius 2 is 1.18 bits per heavy atom. The second-order valence-electron chi connectivity index (χ2n) is 3.79. The van der Waals surface area contributed by atoms with Crippen LogP contribution in [0.2, 0.25) is 0 Å². The van der Waals surface area contributed by atoms with Gasteiger partial charge in [-0.3, -0.25) is 0 Å². The van der Waals surface area contributed by atoms with Gasteiger partial charge in [0.2, 0.25) is 0 Å². The monoisotopic (exact) mass is 380 g/mol. The van der Waals surface area contributed by atoms with Gasteiger partial charge in [-0.2, -0.15) is 0 Å². The molecule has 0 saturated heterocycles. The summed E-state index contributed by atoms with van der Waals surface area (Å²) in [6.07, 6.45) is 0. The van der Waals surface area contributed by atoms with Crippen LogP contribution >= 0.6 is 47.0 Å². The highest BCUT2D eigenvalue weighted by Gasteiger charge is 2.34. The zero-order valence-corrected chi connectivity index (χ0v) is 14.8. The largest absolute Gasteiger partial charge is 0.465 e. The van der Waals surface area contributed by atoms with E-state index < -0.39 is 11.9 Å². The molecule has 0 saturated carbocycles. The number of hydrogen-bond donors (Lipinski definition) is 2. The van der Waals surface area contributed by atoms with Gasteiger partial charge in [-0.1, -0.05) is 47.0 Å². The molecule has 120 valence electrons. The van der Waals surface area contributed by atoms with Crippen molar-refractivity contribution in [3.63, 3.8) is 0 Å². The number of esters is 2. The summed E-state index contributed by atoms with van der Waals surface area (Å²) in [6, 6.07) is 0. The van der Waals surface area contributed by atoms with Gasteiger partial charge >= 0.3 is 11.9 Å². The summed E-state index contributed by atoms with van der Waals surface area (Å²) in [6.45, 7) is -0.531. The maximum absolute atomic E-state index is 11.7. The van der Waals surface area contributed by atoms with Crippen molar-refractivity contribution < 1.29 is 29.3 Å². The Morgan fingerprint density at radius 1 is 0.818 bits per heavy atom. The molecular formula is C12H12O6S4. The predicted octanol–water partition coefficient (Wildman–Crippen LogP) is 1.83. The van der Waals surface area contributed by atoms with Gasteiger partial charge in [-0.25, -0.2) is 9.59 Å². The Balaban J connectivity index is 2.23. The second kappa shape index (κ2) is 7.84. The van der Waals surface area contributed by atoms with Gasteiger partial charge in [0.25, 0.3) is 0 Å². The number of rotatable bonds is 4. The molecule has 0 amide bonds.